The van der Waals surface area contributed by atoms with Crippen LogP contribution >= 0.6 is 27.5 Å². The number of benzene rings is 4. The molecule has 0 radical (unpaired) electrons. The Morgan fingerprint density at radius 3 is 2.26 bits per heavy atom. The van der Waals surface area contributed by atoms with Crippen LogP contribution in [0, 0.1) is 0 Å². The summed E-state index contributed by atoms with van der Waals surface area (Å²) < 4.78 is 23.7. The Kier molecular flexibility index (Phi) is 8.56. The summed E-state index contributed by atoms with van der Waals surface area (Å²) in [6, 6.07) is 22.0. The van der Waals surface area contributed by atoms with Crippen molar-refractivity contribution in [2.24, 2.45) is 5.10 Å². The van der Waals surface area contributed by atoms with Gasteiger partial charge in [0.05, 0.1) is 44.0 Å². The first-order chi connectivity index (χ1) is 20.3. The summed E-state index contributed by atoms with van der Waals surface area (Å²) in [5, 5.41) is 5.44. The van der Waals surface area contributed by atoms with E-state index in [2.05, 4.69) is 21.0 Å². The minimum absolute atomic E-state index is 0.176. The van der Waals surface area contributed by atoms with Gasteiger partial charge >= 0.3 is 5.97 Å². The predicted octanol–water partition coefficient (Wildman–Crippen LogP) is 6.61. The molecule has 0 saturated carbocycles. The molecule has 1 aromatic heterocycles. The van der Waals surface area contributed by atoms with Gasteiger partial charge in [-0.25, -0.2) is 9.78 Å². The lowest BCUT2D eigenvalue weighted by atomic mass is 10.1. The number of hydrogen-bond acceptors (Lipinski definition) is 8. The third-order valence-corrected chi connectivity index (χ3v) is 6.99. The average Bonchev–Trinajstić information content (AvgIpc) is 3.01. The van der Waals surface area contributed by atoms with Crippen molar-refractivity contribution < 1.29 is 23.7 Å². The number of aromatic nitrogens is 2. The topological polar surface area (TPSA) is 101 Å². The number of hydrogen-bond donors (Lipinski definition) is 0. The van der Waals surface area contributed by atoms with Crippen LogP contribution in [0.3, 0.4) is 0 Å². The highest BCUT2D eigenvalue weighted by Gasteiger charge is 2.20. The maximum Gasteiger partial charge on any atom is 0.343 e. The van der Waals surface area contributed by atoms with E-state index in [1.807, 2.05) is 6.07 Å². The molecular formula is C31H23BrClN3O6. The van der Waals surface area contributed by atoms with Crippen molar-refractivity contribution in [1.29, 1.82) is 0 Å². The van der Waals surface area contributed by atoms with Crippen molar-refractivity contribution in [3.63, 3.8) is 0 Å². The molecule has 1 heterocycles. The summed E-state index contributed by atoms with van der Waals surface area (Å²) in [6.07, 6.45) is 1.43. The van der Waals surface area contributed by atoms with E-state index >= 15 is 0 Å². The summed E-state index contributed by atoms with van der Waals surface area (Å²) in [7, 11) is 4.38. The van der Waals surface area contributed by atoms with Crippen molar-refractivity contribution in [2.45, 2.75) is 0 Å². The van der Waals surface area contributed by atoms with Gasteiger partial charge in [-0.05, 0) is 66.7 Å². The fourth-order valence-electron chi connectivity index (χ4n) is 4.21. The number of methoxy groups -OCH3 is 3. The van der Waals surface area contributed by atoms with E-state index in [0.717, 1.165) is 0 Å². The minimum Gasteiger partial charge on any atom is -0.493 e. The lowest BCUT2D eigenvalue weighted by Crippen LogP contribution is -2.20. The lowest BCUT2D eigenvalue weighted by Gasteiger charge is -2.14. The summed E-state index contributed by atoms with van der Waals surface area (Å²) in [5.74, 6) is 0.809. The van der Waals surface area contributed by atoms with Gasteiger partial charge in [0.2, 0.25) is 5.75 Å². The number of halogens is 2. The van der Waals surface area contributed by atoms with E-state index in [0.29, 0.717) is 54.6 Å². The fraction of sp³-hybridized carbons (Fsp3) is 0.0968. The smallest absolute Gasteiger partial charge is 0.343 e. The zero-order chi connectivity index (χ0) is 29.8. The second-order valence-corrected chi connectivity index (χ2v) is 10.2. The van der Waals surface area contributed by atoms with Crippen LogP contribution in [0.1, 0.15) is 15.9 Å². The Balaban J connectivity index is 1.56. The largest absolute Gasteiger partial charge is 0.493 e. The molecule has 5 rings (SSSR count). The van der Waals surface area contributed by atoms with E-state index in [-0.39, 0.29) is 16.9 Å². The number of rotatable bonds is 8. The third-order valence-electron chi connectivity index (χ3n) is 6.24. The molecule has 0 N–H and O–H groups in total. The van der Waals surface area contributed by atoms with Crippen molar-refractivity contribution in [3.8, 4) is 34.4 Å². The summed E-state index contributed by atoms with van der Waals surface area (Å²) in [5.41, 5.74) is 1.40. The SMILES string of the molecule is COc1cc(C(=O)Oc2ccc(Br)cc2C=Nn2c(-c3ccc(Cl)cc3)nc3ccccc3c2=O)cc(OC)c1OC. The zero-order valence-corrected chi connectivity index (χ0v) is 25.0. The number of carbonyl (C=O) groups excluding carboxylic acids is 1. The predicted molar refractivity (Wildman–Crippen MR) is 165 cm³/mol. The van der Waals surface area contributed by atoms with Crippen molar-refractivity contribution in [1.82, 2.24) is 9.66 Å². The molecule has 9 nitrogen and oxygen atoms in total. The Labute approximate surface area is 254 Å². The van der Waals surface area contributed by atoms with Gasteiger partial charge in [-0.3, -0.25) is 4.79 Å². The molecule has 0 bridgehead atoms. The highest BCUT2D eigenvalue weighted by Crippen LogP contribution is 2.38. The van der Waals surface area contributed by atoms with Crippen LogP contribution in [0.4, 0.5) is 0 Å². The molecule has 11 heteroatoms. The number of esters is 1. The van der Waals surface area contributed by atoms with E-state index in [1.54, 1.807) is 60.7 Å². The summed E-state index contributed by atoms with van der Waals surface area (Å²) in [4.78, 5) is 31.5. The molecule has 0 amide bonds. The number of fused-ring (bicyclic) bond motifs is 1. The van der Waals surface area contributed by atoms with Gasteiger partial charge in [0, 0.05) is 20.6 Å². The van der Waals surface area contributed by atoms with Gasteiger partial charge in [0.1, 0.15) is 5.75 Å². The highest BCUT2D eigenvalue weighted by molar-refractivity contribution is 9.10. The Bertz CT molecular complexity index is 1860. The quantitative estimate of drug-likeness (QED) is 0.106. The van der Waals surface area contributed by atoms with Gasteiger partial charge in [-0.2, -0.15) is 9.78 Å². The number of carbonyl (C=O) groups is 1. The highest BCUT2D eigenvalue weighted by atomic mass is 79.9. The molecule has 0 saturated heterocycles. The van der Waals surface area contributed by atoms with E-state index in [1.165, 1.54) is 44.4 Å². The summed E-state index contributed by atoms with van der Waals surface area (Å²) >= 11 is 9.54. The molecule has 212 valence electrons. The molecular weight excluding hydrogens is 626 g/mol. The van der Waals surface area contributed by atoms with Gasteiger partial charge in [0.25, 0.3) is 5.56 Å². The Morgan fingerprint density at radius 2 is 1.60 bits per heavy atom. The number of nitrogens with zero attached hydrogens (tertiary/aromatic N) is 3. The average molecular weight is 649 g/mol. The van der Waals surface area contributed by atoms with Gasteiger partial charge in [-0.15, -0.1) is 0 Å². The van der Waals surface area contributed by atoms with Crippen LogP contribution in [0.5, 0.6) is 23.0 Å². The van der Waals surface area contributed by atoms with Gasteiger partial charge in [0.15, 0.2) is 17.3 Å². The molecule has 0 fully saturated rings. The summed E-state index contributed by atoms with van der Waals surface area (Å²) in [6.45, 7) is 0. The molecule has 4 aromatic carbocycles. The maximum absolute atomic E-state index is 13.6. The van der Waals surface area contributed by atoms with Gasteiger partial charge in [-0.1, -0.05) is 39.7 Å². The first-order valence-corrected chi connectivity index (χ1v) is 13.6. The third kappa shape index (κ3) is 5.86. The molecule has 0 unspecified atom stereocenters. The van der Waals surface area contributed by atoms with Crippen LogP contribution in [-0.4, -0.2) is 43.2 Å². The molecule has 0 spiro atoms. The van der Waals surface area contributed by atoms with Crippen molar-refractivity contribution in [3.05, 3.63) is 110 Å². The molecule has 0 aliphatic rings. The second-order valence-electron chi connectivity index (χ2n) is 8.81. The first kappa shape index (κ1) is 28.8. The Morgan fingerprint density at radius 1 is 0.905 bits per heavy atom. The van der Waals surface area contributed by atoms with Crippen LogP contribution in [0.25, 0.3) is 22.3 Å². The van der Waals surface area contributed by atoms with E-state index in [9.17, 15) is 9.59 Å². The molecule has 0 atom stereocenters. The Hall–Kier alpha value is -4.67. The normalized spacial score (nSPS) is 11.1. The zero-order valence-electron chi connectivity index (χ0n) is 22.6. The van der Waals surface area contributed by atoms with Crippen LogP contribution in [0.15, 0.2) is 93.2 Å². The minimum atomic E-state index is -0.669. The molecule has 0 aliphatic heterocycles. The number of para-hydroxylation sites is 1. The first-order valence-electron chi connectivity index (χ1n) is 12.5. The molecule has 0 aliphatic carbocycles. The second kappa shape index (κ2) is 12.5. The van der Waals surface area contributed by atoms with E-state index < -0.39 is 5.97 Å². The molecule has 5 aromatic rings. The van der Waals surface area contributed by atoms with Crippen LogP contribution < -0.4 is 24.5 Å². The standard InChI is InChI=1S/C31H23BrClN3O6/c1-39-26-15-19(16-27(40-2)28(26)41-3)31(38)42-25-13-10-21(32)14-20(25)17-34-36-29(18-8-11-22(33)12-9-18)35-24-7-5-4-6-23(24)30(36)37/h4-17H,1-3H3. The van der Waals surface area contributed by atoms with Crippen molar-refractivity contribution in [2.75, 3.05) is 21.3 Å². The fourth-order valence-corrected chi connectivity index (χ4v) is 4.71. The lowest BCUT2D eigenvalue weighted by molar-refractivity contribution is 0.0733. The van der Waals surface area contributed by atoms with E-state index in [4.69, 9.17) is 35.5 Å². The van der Waals surface area contributed by atoms with Crippen molar-refractivity contribution >= 4 is 50.6 Å². The maximum atomic E-state index is 13.6. The van der Waals surface area contributed by atoms with Crippen LogP contribution in [-0.2, 0) is 0 Å². The molecule has 42 heavy (non-hydrogen) atoms. The van der Waals surface area contributed by atoms with Crippen LogP contribution in [0.2, 0.25) is 5.02 Å². The van der Waals surface area contributed by atoms with Gasteiger partial charge < -0.3 is 18.9 Å². The monoisotopic (exact) mass is 647 g/mol. The number of ether oxygens (including phenoxy) is 4.